The van der Waals surface area contributed by atoms with Crippen molar-refractivity contribution in [2.45, 2.75) is 101 Å². The van der Waals surface area contributed by atoms with E-state index in [0.717, 1.165) is 93.9 Å². The van der Waals surface area contributed by atoms with E-state index in [-0.39, 0.29) is 43.0 Å². The van der Waals surface area contributed by atoms with E-state index in [1.54, 1.807) is 30.3 Å². The third-order valence-electron chi connectivity index (χ3n) is 12.9. The van der Waals surface area contributed by atoms with Crippen LogP contribution in [0, 0.1) is 11.3 Å². The molecule has 5 saturated heterocycles. The summed E-state index contributed by atoms with van der Waals surface area (Å²) in [6, 6.07) is 19.8. The Morgan fingerprint density at radius 2 is 1.40 bits per heavy atom. The van der Waals surface area contributed by atoms with Crippen molar-refractivity contribution in [2.75, 3.05) is 31.1 Å². The second kappa shape index (κ2) is 15.7. The zero-order valence-corrected chi connectivity index (χ0v) is 32.9. The Bertz CT molecular complexity index is 2180. The molecular formula is C44H45ClN6O7. The highest BCUT2D eigenvalue weighted by Gasteiger charge is 2.46. The molecule has 5 amide bonds. The number of anilines is 1. The van der Waals surface area contributed by atoms with E-state index in [1.165, 1.54) is 0 Å². The Labute approximate surface area is 341 Å². The van der Waals surface area contributed by atoms with Crippen LogP contribution in [0.3, 0.4) is 0 Å². The fraction of sp³-hybridized carbons (Fsp3) is 0.455. The monoisotopic (exact) mass is 804 g/mol. The number of nitriles is 1. The molecule has 58 heavy (non-hydrogen) atoms. The summed E-state index contributed by atoms with van der Waals surface area (Å²) in [7, 11) is 0. The number of likely N-dealkylation sites (tertiary alicyclic amines) is 1. The zero-order valence-electron chi connectivity index (χ0n) is 32.1. The molecule has 5 fully saturated rings. The number of imide groups is 2. The Morgan fingerprint density at radius 3 is 2.07 bits per heavy atom. The quantitative estimate of drug-likeness (QED) is 0.296. The second-order valence-electron chi connectivity index (χ2n) is 16.3. The first kappa shape index (κ1) is 38.1. The summed E-state index contributed by atoms with van der Waals surface area (Å²) >= 11 is 6.22. The molecule has 0 spiro atoms. The molecule has 1 N–H and O–H groups in total. The molecule has 2 bridgehead atoms. The van der Waals surface area contributed by atoms with E-state index < -0.39 is 29.7 Å². The third kappa shape index (κ3) is 7.28. The number of ether oxygens (including phenoxy) is 2. The van der Waals surface area contributed by atoms with E-state index in [1.807, 2.05) is 30.3 Å². The number of amides is 5. The minimum absolute atomic E-state index is 0.0129. The molecule has 4 atom stereocenters. The maximum Gasteiger partial charge on any atom is 0.262 e. The first-order valence-corrected chi connectivity index (χ1v) is 20.8. The number of piperidine rings is 4. The Kier molecular flexibility index (Phi) is 10.3. The number of fused-ring (bicyclic) bond motifs is 3. The minimum atomic E-state index is -0.975. The molecule has 3 aromatic rings. The average molecular weight is 805 g/mol. The first-order valence-electron chi connectivity index (χ1n) is 20.4. The van der Waals surface area contributed by atoms with Crippen LogP contribution < -0.4 is 19.7 Å². The second-order valence-corrected chi connectivity index (χ2v) is 16.7. The lowest BCUT2D eigenvalue weighted by Crippen LogP contribution is -2.54. The Morgan fingerprint density at radius 1 is 0.724 bits per heavy atom. The summed E-state index contributed by atoms with van der Waals surface area (Å²) in [6.45, 7) is 3.53. The van der Waals surface area contributed by atoms with Crippen molar-refractivity contribution in [3.05, 3.63) is 87.9 Å². The van der Waals surface area contributed by atoms with Gasteiger partial charge in [-0.3, -0.25) is 39.1 Å². The fourth-order valence-corrected chi connectivity index (χ4v) is 10.1. The molecule has 0 aliphatic carbocycles. The van der Waals surface area contributed by atoms with Crippen molar-refractivity contribution in [2.24, 2.45) is 0 Å². The van der Waals surface area contributed by atoms with Crippen LogP contribution in [0.25, 0.3) is 0 Å². The smallest absolute Gasteiger partial charge is 0.262 e. The van der Waals surface area contributed by atoms with Gasteiger partial charge in [0.1, 0.15) is 35.8 Å². The molecule has 0 aromatic heterocycles. The summed E-state index contributed by atoms with van der Waals surface area (Å²) in [4.78, 5) is 72.1. The van der Waals surface area contributed by atoms with E-state index in [2.05, 4.69) is 26.1 Å². The number of carbonyl (C=O) groups is 5. The van der Waals surface area contributed by atoms with Gasteiger partial charge >= 0.3 is 0 Å². The van der Waals surface area contributed by atoms with Crippen LogP contribution in [0.1, 0.15) is 101 Å². The highest BCUT2D eigenvalue weighted by atomic mass is 35.5. The average Bonchev–Trinajstić information content (AvgIpc) is 3.65. The van der Waals surface area contributed by atoms with Gasteiger partial charge in [-0.25, -0.2) is 0 Å². The van der Waals surface area contributed by atoms with Crippen LogP contribution in [0.15, 0.2) is 60.7 Å². The number of carbonyl (C=O) groups excluding carboxylic acids is 5. The van der Waals surface area contributed by atoms with Gasteiger partial charge in [0.25, 0.3) is 17.7 Å². The van der Waals surface area contributed by atoms with Crippen molar-refractivity contribution in [3.63, 3.8) is 0 Å². The van der Waals surface area contributed by atoms with E-state index in [9.17, 15) is 24.0 Å². The molecule has 6 aliphatic heterocycles. The number of nitrogens with zero attached hydrogens (tertiary/aromatic N) is 5. The lowest BCUT2D eigenvalue weighted by Gasteiger charge is -2.42. The van der Waals surface area contributed by atoms with Gasteiger partial charge in [0.15, 0.2) is 0 Å². The van der Waals surface area contributed by atoms with Crippen LogP contribution in [-0.4, -0.2) is 107 Å². The molecular weight excluding hydrogens is 760 g/mol. The third-order valence-corrected chi connectivity index (χ3v) is 13.3. The summed E-state index contributed by atoms with van der Waals surface area (Å²) in [5.41, 5.74) is 2.57. The van der Waals surface area contributed by atoms with E-state index in [4.69, 9.17) is 26.3 Å². The zero-order chi connectivity index (χ0) is 40.1. The SMILES string of the molecule is N#Cc1ccc(OC2C[C@H]3CC[C@@H](C2)N3C(=O)c2ccc(OC3CCN(C4CCN(c5ccc6c(c5)C(=O)N(C5CCC(=O)NC5=O)C6=O)CC4)CC3)cc2)cc1Cl. The van der Waals surface area contributed by atoms with Crippen LogP contribution in [0.5, 0.6) is 11.5 Å². The van der Waals surface area contributed by atoms with Crippen LogP contribution in [0.4, 0.5) is 5.69 Å². The lowest BCUT2D eigenvalue weighted by atomic mass is 9.98. The van der Waals surface area contributed by atoms with E-state index >= 15 is 0 Å². The van der Waals surface area contributed by atoms with Crippen molar-refractivity contribution >= 4 is 46.8 Å². The van der Waals surface area contributed by atoms with Crippen molar-refractivity contribution in [1.29, 1.82) is 5.26 Å². The maximum atomic E-state index is 13.7. The number of hydrogen-bond donors (Lipinski definition) is 1. The summed E-state index contributed by atoms with van der Waals surface area (Å²) in [5, 5.41) is 11.8. The molecule has 14 heteroatoms. The first-order chi connectivity index (χ1) is 28.1. The van der Waals surface area contributed by atoms with Gasteiger partial charge < -0.3 is 19.3 Å². The van der Waals surface area contributed by atoms with Gasteiger partial charge in [0, 0.05) is 80.9 Å². The summed E-state index contributed by atoms with van der Waals surface area (Å²) in [6.07, 6.45) is 7.53. The van der Waals surface area contributed by atoms with Crippen molar-refractivity contribution in [3.8, 4) is 17.6 Å². The van der Waals surface area contributed by atoms with Crippen LogP contribution in [-0.2, 0) is 9.59 Å². The number of benzene rings is 3. The highest BCUT2D eigenvalue weighted by Crippen LogP contribution is 2.39. The number of hydrogen-bond acceptors (Lipinski definition) is 10. The minimum Gasteiger partial charge on any atom is -0.490 e. The van der Waals surface area contributed by atoms with E-state index in [0.29, 0.717) is 39.1 Å². The summed E-state index contributed by atoms with van der Waals surface area (Å²) < 4.78 is 12.7. The predicted molar refractivity (Wildman–Crippen MR) is 213 cm³/mol. The molecule has 6 aliphatic rings. The molecule has 3 aromatic carbocycles. The van der Waals surface area contributed by atoms with Gasteiger partial charge in [-0.2, -0.15) is 5.26 Å². The van der Waals surface area contributed by atoms with Gasteiger partial charge in [0.05, 0.1) is 21.7 Å². The van der Waals surface area contributed by atoms with Crippen molar-refractivity contribution < 1.29 is 33.4 Å². The molecule has 0 saturated carbocycles. The van der Waals surface area contributed by atoms with Gasteiger partial charge in [-0.05, 0) is 99.5 Å². The highest BCUT2D eigenvalue weighted by molar-refractivity contribution is 6.31. The molecule has 0 radical (unpaired) electrons. The van der Waals surface area contributed by atoms with Crippen LogP contribution in [0.2, 0.25) is 5.02 Å². The lowest BCUT2D eigenvalue weighted by molar-refractivity contribution is -0.136. The van der Waals surface area contributed by atoms with Crippen LogP contribution >= 0.6 is 11.6 Å². The van der Waals surface area contributed by atoms with Crippen molar-refractivity contribution in [1.82, 2.24) is 20.0 Å². The number of rotatable bonds is 8. The largest absolute Gasteiger partial charge is 0.490 e. The standard InChI is InChI=1S/C44H45ClN6O7/c45-38-24-34(9-3-27(38)25-46)58-35-21-30-4-5-31(22-35)50(30)42(54)26-1-7-32(8-2-26)57-33-15-19-48(20-16-33)28-13-17-49(18-14-28)29-6-10-36-37(23-29)44(56)51(43(36)55)39-11-12-40(52)47-41(39)53/h1-3,6-10,23-24,28,30-31,33,35,39H,4-5,11-22H2,(H,47,52,53)/t30-,31+,35?,39?. The predicted octanol–water partition coefficient (Wildman–Crippen LogP) is 5.34. The fourth-order valence-electron chi connectivity index (χ4n) is 9.93. The molecule has 2 unspecified atom stereocenters. The normalized spacial score (nSPS) is 25.4. The number of halogens is 1. The molecule has 300 valence electrons. The van der Waals surface area contributed by atoms with Gasteiger partial charge in [-0.15, -0.1) is 0 Å². The molecule has 13 nitrogen and oxygen atoms in total. The maximum absolute atomic E-state index is 13.7. The molecule has 6 heterocycles. The topological polar surface area (TPSA) is 153 Å². The Balaban J connectivity index is 0.729. The summed E-state index contributed by atoms with van der Waals surface area (Å²) in [5.74, 6) is -0.511. The van der Waals surface area contributed by atoms with Gasteiger partial charge in [-0.1, -0.05) is 11.6 Å². The van der Waals surface area contributed by atoms with Gasteiger partial charge in [0.2, 0.25) is 11.8 Å². The molecule has 9 rings (SSSR count). The Hall–Kier alpha value is -5.45. The number of nitrogens with one attached hydrogen (secondary N) is 1.